The van der Waals surface area contributed by atoms with Crippen LogP contribution in [0.4, 0.5) is 13.2 Å². The SMILES string of the molecule is CCCCCN1CC[C@@H](c2ccccc2)[C@H](COc2cccc(C(F)(F)F)c2)C1. The predicted molar refractivity (Wildman–Crippen MR) is 110 cm³/mol. The van der Waals surface area contributed by atoms with Gasteiger partial charge in [0.25, 0.3) is 0 Å². The minimum absolute atomic E-state index is 0.252. The molecule has 1 saturated heterocycles. The Hall–Kier alpha value is -2.01. The molecule has 2 atom stereocenters. The van der Waals surface area contributed by atoms with Gasteiger partial charge in [-0.05, 0) is 55.6 Å². The summed E-state index contributed by atoms with van der Waals surface area (Å²) in [4.78, 5) is 2.48. The summed E-state index contributed by atoms with van der Waals surface area (Å²) in [6.45, 7) is 5.68. The molecule has 0 N–H and O–H groups in total. The van der Waals surface area contributed by atoms with Crippen LogP contribution in [0.25, 0.3) is 0 Å². The largest absolute Gasteiger partial charge is 0.493 e. The maximum absolute atomic E-state index is 13.0. The second kappa shape index (κ2) is 10.1. The first-order valence-corrected chi connectivity index (χ1v) is 10.5. The minimum atomic E-state index is -4.35. The van der Waals surface area contributed by atoms with Gasteiger partial charge in [0.15, 0.2) is 0 Å². The molecule has 2 aromatic carbocycles. The molecule has 158 valence electrons. The second-order valence-electron chi connectivity index (χ2n) is 7.91. The van der Waals surface area contributed by atoms with Crippen molar-refractivity contribution in [3.05, 3.63) is 65.7 Å². The van der Waals surface area contributed by atoms with Gasteiger partial charge in [0.2, 0.25) is 0 Å². The second-order valence-corrected chi connectivity index (χ2v) is 7.91. The molecule has 0 spiro atoms. The van der Waals surface area contributed by atoms with Crippen molar-refractivity contribution >= 4 is 0 Å². The van der Waals surface area contributed by atoms with Crippen LogP contribution < -0.4 is 4.74 Å². The van der Waals surface area contributed by atoms with Crippen molar-refractivity contribution in [3.8, 4) is 5.75 Å². The molecule has 0 unspecified atom stereocenters. The molecule has 1 fully saturated rings. The van der Waals surface area contributed by atoms with E-state index in [2.05, 4.69) is 24.0 Å². The molecule has 29 heavy (non-hydrogen) atoms. The molecule has 1 aliphatic heterocycles. The van der Waals surface area contributed by atoms with Crippen LogP contribution in [0.1, 0.15) is 49.7 Å². The number of alkyl halides is 3. The van der Waals surface area contributed by atoms with Gasteiger partial charge in [-0.2, -0.15) is 13.2 Å². The molecule has 5 heteroatoms. The van der Waals surface area contributed by atoms with Crippen LogP contribution in [0, 0.1) is 5.92 Å². The van der Waals surface area contributed by atoms with Gasteiger partial charge in [0, 0.05) is 12.5 Å². The van der Waals surface area contributed by atoms with Crippen LogP contribution in [0.3, 0.4) is 0 Å². The van der Waals surface area contributed by atoms with Crippen LogP contribution in [0.15, 0.2) is 54.6 Å². The van der Waals surface area contributed by atoms with Crippen LogP contribution in [-0.2, 0) is 6.18 Å². The third-order valence-electron chi connectivity index (χ3n) is 5.75. The highest BCUT2D eigenvalue weighted by Gasteiger charge is 2.32. The van der Waals surface area contributed by atoms with Crippen molar-refractivity contribution in [3.63, 3.8) is 0 Å². The number of nitrogens with zero attached hydrogens (tertiary/aromatic N) is 1. The molecule has 1 heterocycles. The first-order chi connectivity index (χ1) is 14.0. The summed E-state index contributed by atoms with van der Waals surface area (Å²) in [6, 6.07) is 15.6. The van der Waals surface area contributed by atoms with Crippen LogP contribution >= 0.6 is 0 Å². The first kappa shape index (κ1) is 21.7. The third kappa shape index (κ3) is 6.23. The summed E-state index contributed by atoms with van der Waals surface area (Å²) in [5.41, 5.74) is 0.623. The van der Waals surface area contributed by atoms with E-state index in [1.165, 1.54) is 30.9 Å². The number of unbranched alkanes of at least 4 members (excludes halogenated alkanes) is 2. The van der Waals surface area contributed by atoms with Gasteiger partial charge >= 0.3 is 6.18 Å². The van der Waals surface area contributed by atoms with Gasteiger partial charge < -0.3 is 9.64 Å². The molecule has 2 aromatic rings. The number of ether oxygens (including phenoxy) is 1. The average molecular weight is 406 g/mol. The smallest absolute Gasteiger partial charge is 0.416 e. The highest BCUT2D eigenvalue weighted by atomic mass is 19.4. The summed E-state index contributed by atoms with van der Waals surface area (Å²) in [5.74, 6) is 0.904. The van der Waals surface area contributed by atoms with E-state index in [0.29, 0.717) is 12.5 Å². The highest BCUT2D eigenvalue weighted by molar-refractivity contribution is 5.30. The normalized spacial score (nSPS) is 20.6. The third-order valence-corrected chi connectivity index (χ3v) is 5.75. The molecule has 0 amide bonds. The lowest BCUT2D eigenvalue weighted by Crippen LogP contribution is -2.42. The van der Waals surface area contributed by atoms with E-state index in [1.54, 1.807) is 6.07 Å². The van der Waals surface area contributed by atoms with Gasteiger partial charge in [0.1, 0.15) is 5.75 Å². The molecule has 2 nitrogen and oxygen atoms in total. The summed E-state index contributed by atoms with van der Waals surface area (Å²) < 4.78 is 44.8. The van der Waals surface area contributed by atoms with E-state index in [9.17, 15) is 13.2 Å². The molecule has 0 aliphatic carbocycles. The molecule has 0 aromatic heterocycles. The molecule has 1 aliphatic rings. The fourth-order valence-corrected chi connectivity index (χ4v) is 4.17. The van der Waals surface area contributed by atoms with E-state index < -0.39 is 11.7 Å². The number of likely N-dealkylation sites (tertiary alicyclic amines) is 1. The van der Waals surface area contributed by atoms with E-state index in [-0.39, 0.29) is 11.7 Å². The van der Waals surface area contributed by atoms with Gasteiger partial charge in [-0.25, -0.2) is 0 Å². The summed E-state index contributed by atoms with van der Waals surface area (Å²) in [7, 11) is 0. The van der Waals surface area contributed by atoms with Crippen LogP contribution in [-0.4, -0.2) is 31.1 Å². The number of rotatable bonds is 8. The number of benzene rings is 2. The zero-order valence-electron chi connectivity index (χ0n) is 17.0. The monoisotopic (exact) mass is 405 g/mol. The van der Waals surface area contributed by atoms with Crippen LogP contribution in [0.5, 0.6) is 5.75 Å². The van der Waals surface area contributed by atoms with Gasteiger partial charge in [-0.15, -0.1) is 0 Å². The van der Waals surface area contributed by atoms with Gasteiger partial charge in [0.05, 0.1) is 12.2 Å². The highest BCUT2D eigenvalue weighted by Crippen LogP contribution is 2.35. The Balaban J connectivity index is 1.69. The van der Waals surface area contributed by atoms with Crippen molar-refractivity contribution in [1.82, 2.24) is 4.90 Å². The maximum atomic E-state index is 13.0. The van der Waals surface area contributed by atoms with Crippen molar-refractivity contribution in [1.29, 1.82) is 0 Å². The fourth-order valence-electron chi connectivity index (χ4n) is 4.17. The number of hydrogen-bond donors (Lipinski definition) is 0. The standard InChI is InChI=1S/C24H30F3NO/c1-2-3-7-14-28-15-13-23(19-9-5-4-6-10-19)20(17-28)18-29-22-12-8-11-21(16-22)24(25,26)27/h4-6,8-12,16,20,23H,2-3,7,13-15,17-18H2,1H3/t20-,23-/m0/s1. The van der Waals surface area contributed by atoms with E-state index in [4.69, 9.17) is 4.74 Å². The van der Waals surface area contributed by atoms with E-state index in [0.717, 1.165) is 38.2 Å². The quantitative estimate of drug-likeness (QED) is 0.473. The van der Waals surface area contributed by atoms with Gasteiger partial charge in [-0.3, -0.25) is 0 Å². The summed E-state index contributed by atoms with van der Waals surface area (Å²) in [6.07, 6.45) is 0.305. The van der Waals surface area contributed by atoms with Crippen LogP contribution in [0.2, 0.25) is 0 Å². The Morgan fingerprint density at radius 2 is 1.83 bits per heavy atom. The van der Waals surface area contributed by atoms with E-state index in [1.807, 2.05) is 18.2 Å². The number of piperidine rings is 1. The Morgan fingerprint density at radius 1 is 1.03 bits per heavy atom. The topological polar surface area (TPSA) is 12.5 Å². The summed E-state index contributed by atoms with van der Waals surface area (Å²) in [5, 5.41) is 0. The molecule has 3 rings (SSSR count). The zero-order chi connectivity index (χ0) is 20.7. The van der Waals surface area contributed by atoms with Gasteiger partial charge in [-0.1, -0.05) is 56.2 Å². The Kier molecular flexibility index (Phi) is 7.59. The van der Waals surface area contributed by atoms with Crippen molar-refractivity contribution in [2.45, 2.75) is 44.7 Å². The van der Waals surface area contributed by atoms with Crippen molar-refractivity contribution < 1.29 is 17.9 Å². The minimum Gasteiger partial charge on any atom is -0.493 e. The Morgan fingerprint density at radius 3 is 2.55 bits per heavy atom. The summed E-state index contributed by atoms with van der Waals surface area (Å²) >= 11 is 0. The lowest BCUT2D eigenvalue weighted by Gasteiger charge is -2.39. The van der Waals surface area contributed by atoms with Crippen molar-refractivity contribution in [2.24, 2.45) is 5.92 Å². The molecular formula is C24H30F3NO. The van der Waals surface area contributed by atoms with E-state index >= 15 is 0 Å². The lowest BCUT2D eigenvalue weighted by molar-refractivity contribution is -0.137. The average Bonchev–Trinajstić information content (AvgIpc) is 2.73. The fraction of sp³-hybridized carbons (Fsp3) is 0.500. The number of halogens is 3. The Labute approximate surface area is 171 Å². The predicted octanol–water partition coefficient (Wildman–Crippen LogP) is 6.38. The zero-order valence-corrected chi connectivity index (χ0v) is 17.0. The molecule has 0 saturated carbocycles. The Bertz CT molecular complexity index is 747. The van der Waals surface area contributed by atoms with Crippen molar-refractivity contribution in [2.75, 3.05) is 26.2 Å². The lowest BCUT2D eigenvalue weighted by atomic mass is 9.81. The molecular weight excluding hydrogens is 375 g/mol. The first-order valence-electron chi connectivity index (χ1n) is 10.5. The maximum Gasteiger partial charge on any atom is 0.416 e. The molecule has 0 radical (unpaired) electrons. The number of hydrogen-bond acceptors (Lipinski definition) is 2. The molecule has 0 bridgehead atoms.